The molecule has 0 radical (unpaired) electrons. The van der Waals surface area contributed by atoms with E-state index in [1.54, 1.807) is 24.3 Å². The lowest BCUT2D eigenvalue weighted by Gasteiger charge is -2.19. The number of hydrogen-bond acceptors (Lipinski definition) is 6. The van der Waals surface area contributed by atoms with Gasteiger partial charge in [-0.1, -0.05) is 39.3 Å². The van der Waals surface area contributed by atoms with Crippen LogP contribution in [0.1, 0.15) is 77.5 Å². The van der Waals surface area contributed by atoms with Gasteiger partial charge in [-0.3, -0.25) is 9.59 Å². The van der Waals surface area contributed by atoms with Crippen LogP contribution in [-0.2, 0) is 9.47 Å². The molecule has 0 aliphatic carbocycles. The van der Waals surface area contributed by atoms with Crippen molar-refractivity contribution in [3.8, 4) is 5.75 Å². The third kappa shape index (κ3) is 7.61. The molecule has 6 heteroatoms. The van der Waals surface area contributed by atoms with Crippen LogP contribution >= 0.6 is 0 Å². The number of carbonyl (C=O) groups excluding carboxylic acids is 3. The summed E-state index contributed by atoms with van der Waals surface area (Å²) in [6.45, 7) is 7.00. The molecule has 2 aromatic rings. The Morgan fingerprint density at radius 3 is 1.84 bits per heavy atom. The van der Waals surface area contributed by atoms with Crippen LogP contribution in [0.5, 0.6) is 5.75 Å². The van der Waals surface area contributed by atoms with E-state index < -0.39 is 5.97 Å². The Kier molecular flexibility index (Phi) is 10.1. The molecular formula is C26H32O6. The Bertz CT molecular complexity index is 886. The number of ether oxygens (including phenoxy) is 3. The number of benzene rings is 2. The molecule has 2 aromatic carbocycles. The zero-order chi connectivity index (χ0) is 23.5. The lowest BCUT2D eigenvalue weighted by molar-refractivity contribution is -0.0846. The van der Waals surface area contributed by atoms with Gasteiger partial charge in [-0.05, 0) is 48.7 Å². The van der Waals surface area contributed by atoms with Crippen molar-refractivity contribution in [2.24, 2.45) is 5.92 Å². The van der Waals surface area contributed by atoms with E-state index in [-0.39, 0.29) is 24.3 Å². The van der Waals surface area contributed by atoms with Crippen LogP contribution in [0.2, 0.25) is 0 Å². The number of rotatable bonds is 13. The van der Waals surface area contributed by atoms with Gasteiger partial charge in [-0.2, -0.15) is 0 Å². The molecule has 0 heterocycles. The summed E-state index contributed by atoms with van der Waals surface area (Å²) in [5.41, 5.74) is 1.15. The van der Waals surface area contributed by atoms with E-state index in [0.29, 0.717) is 41.4 Å². The molecule has 0 spiro atoms. The summed E-state index contributed by atoms with van der Waals surface area (Å²) in [6, 6.07) is 12.8. The Hall–Kier alpha value is -2.99. The minimum atomic E-state index is -0.478. The van der Waals surface area contributed by atoms with Gasteiger partial charge in [0.05, 0.1) is 25.7 Å². The minimum absolute atomic E-state index is 0.256. The summed E-state index contributed by atoms with van der Waals surface area (Å²) in [5, 5.41) is 0. The summed E-state index contributed by atoms with van der Waals surface area (Å²) >= 11 is 0. The highest BCUT2D eigenvalue weighted by atomic mass is 16.7. The second kappa shape index (κ2) is 12.8. The van der Waals surface area contributed by atoms with E-state index in [4.69, 9.17) is 9.47 Å². The molecule has 172 valence electrons. The highest BCUT2D eigenvalue weighted by Gasteiger charge is 2.16. The normalized spacial score (nSPS) is 12.6. The fourth-order valence-electron chi connectivity index (χ4n) is 2.97. The van der Waals surface area contributed by atoms with E-state index in [2.05, 4.69) is 18.6 Å². The summed E-state index contributed by atoms with van der Waals surface area (Å²) in [5.74, 6) is 0.157. The molecule has 0 N–H and O–H groups in total. The predicted molar refractivity (Wildman–Crippen MR) is 122 cm³/mol. The summed E-state index contributed by atoms with van der Waals surface area (Å²) < 4.78 is 16.3. The summed E-state index contributed by atoms with van der Waals surface area (Å²) in [7, 11) is 1.29. The van der Waals surface area contributed by atoms with Gasteiger partial charge in [-0.25, -0.2) is 4.79 Å². The van der Waals surface area contributed by atoms with Crippen LogP contribution in [-0.4, -0.2) is 37.5 Å². The molecule has 0 aliphatic rings. The van der Waals surface area contributed by atoms with Crippen LogP contribution in [0.15, 0.2) is 48.5 Å². The molecule has 32 heavy (non-hydrogen) atoms. The smallest absolute Gasteiger partial charge is 0.337 e. The fraction of sp³-hybridized carbons (Fsp3) is 0.423. The number of hydrogen-bond donors (Lipinski definition) is 0. The maximum absolute atomic E-state index is 12.5. The van der Waals surface area contributed by atoms with Crippen LogP contribution in [0.25, 0.3) is 0 Å². The van der Waals surface area contributed by atoms with Gasteiger partial charge in [0.2, 0.25) is 0 Å². The topological polar surface area (TPSA) is 78.9 Å². The molecule has 0 bridgehead atoms. The summed E-state index contributed by atoms with van der Waals surface area (Å²) in [6.07, 6.45) is 2.23. The number of Topliss-reactive ketones (excluding diaryl/α,β-unsaturated/α-hetero) is 2. The monoisotopic (exact) mass is 440 g/mol. The highest BCUT2D eigenvalue weighted by molar-refractivity contribution is 6.13. The van der Waals surface area contributed by atoms with Crippen molar-refractivity contribution in [1.82, 2.24) is 0 Å². The Labute approximate surface area is 189 Å². The Morgan fingerprint density at radius 1 is 0.812 bits per heavy atom. The predicted octanol–water partition coefficient (Wildman–Crippen LogP) is 5.50. The van der Waals surface area contributed by atoms with Gasteiger partial charge in [0.25, 0.3) is 0 Å². The average molecular weight is 441 g/mol. The number of carbonyl (C=O) groups is 3. The Balaban J connectivity index is 1.90. The van der Waals surface area contributed by atoms with Crippen LogP contribution < -0.4 is 4.74 Å². The third-order valence-corrected chi connectivity index (χ3v) is 5.34. The summed E-state index contributed by atoms with van der Waals surface area (Å²) in [4.78, 5) is 36.4. The molecular weight excluding hydrogens is 408 g/mol. The molecule has 0 saturated heterocycles. The van der Waals surface area contributed by atoms with E-state index in [1.807, 2.05) is 6.92 Å². The number of ketones is 2. The third-order valence-electron chi connectivity index (χ3n) is 5.34. The second-order valence-corrected chi connectivity index (χ2v) is 7.74. The molecule has 2 atom stereocenters. The lowest BCUT2D eigenvalue weighted by atomic mass is 10.0. The van der Waals surface area contributed by atoms with E-state index in [1.165, 1.54) is 31.4 Å². The van der Waals surface area contributed by atoms with Crippen LogP contribution in [0, 0.1) is 5.92 Å². The minimum Gasteiger partial charge on any atom is -0.465 e. The molecule has 0 saturated carbocycles. The van der Waals surface area contributed by atoms with Crippen LogP contribution in [0.3, 0.4) is 0 Å². The van der Waals surface area contributed by atoms with Gasteiger partial charge in [0.1, 0.15) is 5.75 Å². The highest BCUT2D eigenvalue weighted by Crippen LogP contribution is 2.18. The van der Waals surface area contributed by atoms with Gasteiger partial charge in [-0.15, -0.1) is 0 Å². The van der Waals surface area contributed by atoms with Gasteiger partial charge >= 0.3 is 5.97 Å². The molecule has 0 aromatic heterocycles. The first-order valence-electron chi connectivity index (χ1n) is 11.0. The first-order valence-corrected chi connectivity index (χ1v) is 11.0. The Morgan fingerprint density at radius 2 is 1.34 bits per heavy atom. The van der Waals surface area contributed by atoms with E-state index in [9.17, 15) is 14.4 Å². The van der Waals surface area contributed by atoms with Crippen molar-refractivity contribution < 1.29 is 28.6 Å². The largest absolute Gasteiger partial charge is 0.465 e. The second-order valence-electron chi connectivity index (χ2n) is 7.74. The number of esters is 1. The van der Waals surface area contributed by atoms with Gasteiger partial charge < -0.3 is 14.2 Å². The number of methoxy groups -OCH3 is 1. The molecule has 2 unspecified atom stereocenters. The molecule has 2 rings (SSSR count). The first kappa shape index (κ1) is 25.3. The fourth-order valence-corrected chi connectivity index (χ4v) is 2.97. The average Bonchev–Trinajstić information content (AvgIpc) is 2.83. The van der Waals surface area contributed by atoms with Crippen molar-refractivity contribution in [3.63, 3.8) is 0 Å². The van der Waals surface area contributed by atoms with E-state index >= 15 is 0 Å². The van der Waals surface area contributed by atoms with Gasteiger partial charge in [0, 0.05) is 17.5 Å². The zero-order valence-corrected chi connectivity index (χ0v) is 19.3. The quantitative estimate of drug-likeness (QED) is 0.177. The van der Waals surface area contributed by atoms with Crippen molar-refractivity contribution in [2.45, 2.75) is 52.7 Å². The van der Waals surface area contributed by atoms with Crippen molar-refractivity contribution in [1.29, 1.82) is 0 Å². The van der Waals surface area contributed by atoms with Crippen molar-refractivity contribution >= 4 is 17.5 Å². The van der Waals surface area contributed by atoms with Crippen molar-refractivity contribution in [3.05, 3.63) is 65.2 Å². The first-order chi connectivity index (χ1) is 15.4. The van der Waals surface area contributed by atoms with Crippen molar-refractivity contribution in [2.75, 3.05) is 13.7 Å². The van der Waals surface area contributed by atoms with Crippen LogP contribution in [0.4, 0.5) is 0 Å². The van der Waals surface area contributed by atoms with Gasteiger partial charge in [0.15, 0.2) is 17.9 Å². The van der Waals surface area contributed by atoms with E-state index in [0.717, 1.165) is 12.8 Å². The zero-order valence-electron chi connectivity index (χ0n) is 19.3. The SMILES string of the molecule is CCC(C)CCOC(CC)Oc1ccc(C(=O)CC(=O)c2ccc(C(=O)OC)cc2)cc1. The molecule has 6 nitrogen and oxygen atoms in total. The molecule has 0 aliphatic heterocycles. The standard InChI is InChI=1S/C26H32O6/c1-5-18(3)15-16-31-25(6-2)32-22-13-11-20(12-14-22)24(28)17-23(27)19-7-9-21(10-8-19)26(29)30-4/h7-14,18,25H,5-6,15-17H2,1-4H3. The lowest BCUT2D eigenvalue weighted by Crippen LogP contribution is -2.21. The maximum Gasteiger partial charge on any atom is 0.337 e. The molecule has 0 amide bonds. The maximum atomic E-state index is 12.5. The molecule has 0 fully saturated rings.